The minimum Gasteiger partial charge on any atom is -0.334 e. The second kappa shape index (κ2) is 7.11. The number of pyridine rings is 1. The van der Waals surface area contributed by atoms with Crippen LogP contribution < -0.4 is 0 Å². The lowest BCUT2D eigenvalue weighted by Crippen LogP contribution is -2.47. The summed E-state index contributed by atoms with van der Waals surface area (Å²) in [5.74, 6) is -1.32. The highest BCUT2D eigenvalue weighted by Crippen LogP contribution is 2.30. The van der Waals surface area contributed by atoms with E-state index in [1.54, 1.807) is 12.4 Å². The van der Waals surface area contributed by atoms with E-state index in [9.17, 15) is 13.6 Å². The molecule has 0 radical (unpaired) electrons. The summed E-state index contributed by atoms with van der Waals surface area (Å²) in [5.41, 5.74) is 1.29. The summed E-state index contributed by atoms with van der Waals surface area (Å²) in [4.78, 5) is 21.1. The van der Waals surface area contributed by atoms with E-state index in [1.807, 2.05) is 17.0 Å². The average molecular weight is 357 g/mol. The fourth-order valence-electron chi connectivity index (χ4n) is 4.15. The van der Waals surface area contributed by atoms with Crippen molar-refractivity contribution in [2.75, 3.05) is 19.6 Å². The second-order valence-electron chi connectivity index (χ2n) is 7.26. The van der Waals surface area contributed by atoms with Gasteiger partial charge in [0.05, 0.1) is 0 Å². The highest BCUT2D eigenvalue weighted by molar-refractivity contribution is 5.94. The second-order valence-corrected chi connectivity index (χ2v) is 7.26. The topological polar surface area (TPSA) is 36.4 Å². The van der Waals surface area contributed by atoms with Crippen molar-refractivity contribution in [3.63, 3.8) is 0 Å². The van der Waals surface area contributed by atoms with Gasteiger partial charge < -0.3 is 4.90 Å². The maximum absolute atomic E-state index is 13.5. The molecule has 0 spiro atoms. The van der Waals surface area contributed by atoms with Crippen molar-refractivity contribution in [3.05, 3.63) is 65.5 Å². The lowest BCUT2D eigenvalue weighted by atomic mass is 9.94. The Morgan fingerprint density at radius 2 is 1.77 bits per heavy atom. The van der Waals surface area contributed by atoms with E-state index in [2.05, 4.69) is 9.88 Å². The van der Waals surface area contributed by atoms with E-state index < -0.39 is 11.6 Å². The molecule has 2 atom stereocenters. The molecule has 26 heavy (non-hydrogen) atoms. The summed E-state index contributed by atoms with van der Waals surface area (Å²) >= 11 is 0. The molecule has 3 saturated heterocycles. The Bertz CT molecular complexity index is 779. The van der Waals surface area contributed by atoms with Crippen LogP contribution in [0, 0.1) is 17.6 Å². The van der Waals surface area contributed by atoms with E-state index in [1.165, 1.54) is 5.56 Å². The van der Waals surface area contributed by atoms with Gasteiger partial charge in [-0.25, -0.2) is 8.78 Å². The molecule has 1 aromatic heterocycles. The minimum atomic E-state index is -0.715. The monoisotopic (exact) mass is 357 g/mol. The van der Waals surface area contributed by atoms with Gasteiger partial charge in [-0.05, 0) is 48.6 Å². The summed E-state index contributed by atoms with van der Waals surface area (Å²) in [5, 5.41) is 0. The Morgan fingerprint density at radius 3 is 2.50 bits per heavy atom. The van der Waals surface area contributed by atoms with E-state index in [0.29, 0.717) is 12.5 Å². The summed E-state index contributed by atoms with van der Waals surface area (Å²) in [6.45, 7) is 3.18. The predicted octanol–water partition coefficient (Wildman–Crippen LogP) is 3.10. The molecule has 136 valence electrons. The van der Waals surface area contributed by atoms with Crippen molar-refractivity contribution in [1.82, 2.24) is 14.8 Å². The van der Waals surface area contributed by atoms with Crippen LogP contribution in [-0.4, -0.2) is 46.4 Å². The van der Waals surface area contributed by atoms with Crippen LogP contribution in [0.3, 0.4) is 0 Å². The number of halogens is 2. The van der Waals surface area contributed by atoms with Gasteiger partial charge in [0.2, 0.25) is 0 Å². The highest BCUT2D eigenvalue weighted by atomic mass is 19.1. The zero-order valence-electron chi connectivity index (χ0n) is 14.4. The number of fused-ring (bicyclic) bond motifs is 4. The zero-order chi connectivity index (χ0) is 18.1. The van der Waals surface area contributed by atoms with Crippen molar-refractivity contribution in [2.24, 2.45) is 5.92 Å². The Balaban J connectivity index is 1.52. The minimum absolute atomic E-state index is 0.0782. The first kappa shape index (κ1) is 17.1. The van der Waals surface area contributed by atoms with Gasteiger partial charge in [0, 0.05) is 56.2 Å². The summed E-state index contributed by atoms with van der Waals surface area (Å²) in [6.07, 6.45) is 5.59. The van der Waals surface area contributed by atoms with Crippen LogP contribution in [0.5, 0.6) is 0 Å². The number of hydrogen-bond acceptors (Lipinski definition) is 3. The number of piperidine rings is 1. The summed E-state index contributed by atoms with van der Waals surface area (Å²) in [7, 11) is 0. The van der Waals surface area contributed by atoms with Crippen LogP contribution in [-0.2, 0) is 6.54 Å². The molecule has 0 N–H and O–H groups in total. The third-order valence-electron chi connectivity index (χ3n) is 5.32. The SMILES string of the molecule is O=C(c1cc(F)cc(F)c1)N1C[C@H]2CC[C@@H]1CN(Cc1ccncc1)C2. The van der Waals surface area contributed by atoms with Crippen LogP contribution in [0.25, 0.3) is 0 Å². The largest absolute Gasteiger partial charge is 0.334 e. The predicted molar refractivity (Wildman–Crippen MR) is 93.4 cm³/mol. The van der Waals surface area contributed by atoms with Crippen LogP contribution in [0.2, 0.25) is 0 Å². The fourth-order valence-corrected chi connectivity index (χ4v) is 4.15. The van der Waals surface area contributed by atoms with Gasteiger partial charge in [-0.15, -0.1) is 0 Å². The molecule has 4 nitrogen and oxygen atoms in total. The number of hydrogen-bond donors (Lipinski definition) is 0. The molecule has 0 saturated carbocycles. The molecule has 4 heterocycles. The molecule has 5 rings (SSSR count). The van der Waals surface area contributed by atoms with E-state index in [0.717, 1.165) is 50.7 Å². The molecule has 1 amide bonds. The zero-order valence-corrected chi connectivity index (χ0v) is 14.4. The number of carbonyl (C=O) groups is 1. The number of nitrogens with zero attached hydrogens (tertiary/aromatic N) is 3. The molecule has 0 unspecified atom stereocenters. The van der Waals surface area contributed by atoms with Crippen molar-refractivity contribution in [3.8, 4) is 0 Å². The van der Waals surface area contributed by atoms with Crippen LogP contribution in [0.1, 0.15) is 28.8 Å². The molecule has 6 heteroatoms. The number of amides is 1. The van der Waals surface area contributed by atoms with Gasteiger partial charge in [-0.1, -0.05) is 0 Å². The maximum Gasteiger partial charge on any atom is 0.254 e. The molecule has 1 aromatic carbocycles. The third-order valence-corrected chi connectivity index (χ3v) is 5.32. The Labute approximate surface area is 151 Å². The van der Waals surface area contributed by atoms with Crippen molar-refractivity contribution >= 4 is 5.91 Å². The quantitative estimate of drug-likeness (QED) is 0.847. The number of benzene rings is 1. The number of rotatable bonds is 3. The van der Waals surface area contributed by atoms with E-state index in [4.69, 9.17) is 0 Å². The van der Waals surface area contributed by atoms with Crippen LogP contribution >= 0.6 is 0 Å². The lowest BCUT2D eigenvalue weighted by Gasteiger charge is -2.36. The first-order valence-corrected chi connectivity index (χ1v) is 8.97. The molecule has 0 aliphatic carbocycles. The van der Waals surface area contributed by atoms with Gasteiger partial charge >= 0.3 is 0 Å². The van der Waals surface area contributed by atoms with Gasteiger partial charge in [0.25, 0.3) is 5.91 Å². The molecule has 3 fully saturated rings. The Kier molecular flexibility index (Phi) is 4.68. The van der Waals surface area contributed by atoms with Gasteiger partial charge in [-0.3, -0.25) is 14.7 Å². The summed E-state index contributed by atoms with van der Waals surface area (Å²) in [6, 6.07) is 7.13. The molecule has 3 aliphatic rings. The van der Waals surface area contributed by atoms with Crippen molar-refractivity contribution in [1.29, 1.82) is 0 Å². The maximum atomic E-state index is 13.5. The molecular weight excluding hydrogens is 336 g/mol. The third kappa shape index (κ3) is 3.60. The van der Waals surface area contributed by atoms with E-state index >= 15 is 0 Å². The molecule has 3 aliphatic heterocycles. The van der Waals surface area contributed by atoms with Gasteiger partial charge in [0.15, 0.2) is 0 Å². The van der Waals surface area contributed by atoms with Crippen molar-refractivity contribution in [2.45, 2.75) is 25.4 Å². The van der Waals surface area contributed by atoms with E-state index in [-0.39, 0.29) is 17.5 Å². The fraction of sp³-hybridized carbons (Fsp3) is 0.400. The molecule has 2 bridgehead atoms. The highest BCUT2D eigenvalue weighted by Gasteiger charge is 2.37. The molecular formula is C20H21F2N3O. The smallest absolute Gasteiger partial charge is 0.254 e. The van der Waals surface area contributed by atoms with Gasteiger partial charge in [0.1, 0.15) is 11.6 Å². The van der Waals surface area contributed by atoms with Gasteiger partial charge in [-0.2, -0.15) is 0 Å². The first-order chi connectivity index (χ1) is 12.6. The first-order valence-electron chi connectivity index (χ1n) is 8.97. The number of carbonyl (C=O) groups excluding carboxylic acids is 1. The normalized spacial score (nSPS) is 23.1. The Morgan fingerprint density at radius 1 is 1.04 bits per heavy atom. The molecule has 2 aromatic rings. The standard InChI is InChI=1S/C20H21F2N3O/c21-17-7-16(8-18(22)9-17)20(26)25-12-15-1-2-19(25)13-24(11-15)10-14-3-5-23-6-4-14/h3-9,15,19H,1-2,10-13H2/t15-,19+/m0/s1. The van der Waals surface area contributed by atoms with Crippen molar-refractivity contribution < 1.29 is 13.6 Å². The summed E-state index contributed by atoms with van der Waals surface area (Å²) < 4.78 is 27.0. The number of aromatic nitrogens is 1. The average Bonchev–Trinajstić information content (AvgIpc) is 2.91. The van der Waals surface area contributed by atoms with Crippen LogP contribution in [0.15, 0.2) is 42.7 Å². The van der Waals surface area contributed by atoms with Crippen LogP contribution in [0.4, 0.5) is 8.78 Å². The Hall–Kier alpha value is -2.34. The lowest BCUT2D eigenvalue weighted by molar-refractivity contribution is 0.0584.